The maximum absolute atomic E-state index is 13.1. The molecule has 1 saturated heterocycles. The highest BCUT2D eigenvalue weighted by atomic mass is 19.1. The smallest absolute Gasteiger partial charge is 0.228 e. The Labute approximate surface area is 92.5 Å². The van der Waals surface area contributed by atoms with Crippen molar-refractivity contribution in [2.24, 2.45) is 5.92 Å². The minimum absolute atomic E-state index is 0.171. The van der Waals surface area contributed by atoms with E-state index in [4.69, 9.17) is 6.42 Å². The molecule has 1 heterocycles. The lowest BCUT2D eigenvalue weighted by atomic mass is 10.1. The van der Waals surface area contributed by atoms with Gasteiger partial charge in [0.25, 0.3) is 0 Å². The number of amides is 1. The van der Waals surface area contributed by atoms with Crippen molar-refractivity contribution in [2.75, 3.05) is 11.4 Å². The molecule has 3 nitrogen and oxygen atoms in total. The Hall–Kier alpha value is -2.02. The third-order valence-corrected chi connectivity index (χ3v) is 2.62. The molecule has 1 aliphatic rings. The molecule has 0 aliphatic carbocycles. The van der Waals surface area contributed by atoms with E-state index in [1.807, 2.05) is 0 Å². The van der Waals surface area contributed by atoms with E-state index in [1.54, 1.807) is 0 Å². The number of phenols is 1. The Balaban J connectivity index is 2.36. The van der Waals surface area contributed by atoms with Crippen molar-refractivity contribution in [3.05, 3.63) is 24.0 Å². The molecule has 1 N–H and O–H groups in total. The van der Waals surface area contributed by atoms with Crippen molar-refractivity contribution in [1.82, 2.24) is 0 Å². The molecule has 0 spiro atoms. The second-order valence-corrected chi connectivity index (χ2v) is 3.68. The van der Waals surface area contributed by atoms with Crippen molar-refractivity contribution < 1.29 is 14.3 Å². The van der Waals surface area contributed by atoms with Gasteiger partial charge in [-0.2, -0.15) is 0 Å². The van der Waals surface area contributed by atoms with Gasteiger partial charge in [-0.05, 0) is 12.1 Å². The normalized spacial score (nSPS) is 19.9. The van der Waals surface area contributed by atoms with Crippen molar-refractivity contribution in [2.45, 2.75) is 6.42 Å². The van der Waals surface area contributed by atoms with Crippen LogP contribution in [0.3, 0.4) is 0 Å². The number of carbonyl (C=O) groups is 1. The van der Waals surface area contributed by atoms with Crippen molar-refractivity contribution in [3.8, 4) is 18.1 Å². The highest BCUT2D eigenvalue weighted by molar-refractivity contribution is 5.97. The predicted octanol–water partition coefficient (Wildman–Crippen LogP) is 1.52. The number of rotatable bonds is 1. The number of hydrogen-bond acceptors (Lipinski definition) is 2. The van der Waals surface area contributed by atoms with E-state index in [-0.39, 0.29) is 23.9 Å². The number of benzene rings is 1. The average Bonchev–Trinajstić information content (AvgIpc) is 2.64. The highest BCUT2D eigenvalue weighted by Gasteiger charge is 2.31. The van der Waals surface area contributed by atoms with E-state index in [1.165, 1.54) is 17.0 Å². The first-order valence-electron chi connectivity index (χ1n) is 4.87. The molecule has 4 heteroatoms. The average molecular weight is 219 g/mol. The van der Waals surface area contributed by atoms with Gasteiger partial charge in [0.2, 0.25) is 5.91 Å². The molecule has 82 valence electrons. The summed E-state index contributed by atoms with van der Waals surface area (Å²) in [5.41, 5.74) is 0.183. The Morgan fingerprint density at radius 3 is 2.94 bits per heavy atom. The van der Waals surface area contributed by atoms with Gasteiger partial charge in [-0.1, -0.05) is 6.07 Å². The van der Waals surface area contributed by atoms with Crippen LogP contribution < -0.4 is 4.90 Å². The standard InChI is InChI=1S/C12H10FNO2/c1-2-8-6-11(15)14(7-8)10-5-3-4-9(13)12(10)16/h1,3-5,8,16H,6-7H2. The summed E-state index contributed by atoms with van der Waals surface area (Å²) in [4.78, 5) is 12.9. The van der Waals surface area contributed by atoms with E-state index >= 15 is 0 Å². The molecule has 1 unspecified atom stereocenters. The highest BCUT2D eigenvalue weighted by Crippen LogP contribution is 2.33. The zero-order valence-corrected chi connectivity index (χ0v) is 8.48. The molecule has 1 fully saturated rings. The first-order chi connectivity index (χ1) is 7.63. The molecule has 1 aromatic carbocycles. The predicted molar refractivity (Wildman–Crippen MR) is 57.4 cm³/mol. The molecule has 2 rings (SSSR count). The largest absolute Gasteiger partial charge is 0.503 e. The van der Waals surface area contributed by atoms with Crippen LogP contribution in [-0.4, -0.2) is 17.6 Å². The number of anilines is 1. The van der Waals surface area contributed by atoms with Gasteiger partial charge in [0.15, 0.2) is 11.6 Å². The van der Waals surface area contributed by atoms with Gasteiger partial charge in [0, 0.05) is 18.9 Å². The van der Waals surface area contributed by atoms with Crippen LogP contribution in [0.5, 0.6) is 5.75 Å². The summed E-state index contributed by atoms with van der Waals surface area (Å²) in [6.07, 6.45) is 5.48. The van der Waals surface area contributed by atoms with Crippen LogP contribution in [0.4, 0.5) is 10.1 Å². The summed E-state index contributed by atoms with van der Waals surface area (Å²) in [5.74, 6) is 0.881. The lowest BCUT2D eigenvalue weighted by Crippen LogP contribution is -2.24. The fourth-order valence-corrected chi connectivity index (χ4v) is 1.77. The number of aromatic hydroxyl groups is 1. The quantitative estimate of drug-likeness (QED) is 0.727. The molecule has 0 saturated carbocycles. The van der Waals surface area contributed by atoms with Gasteiger partial charge in [-0.25, -0.2) is 4.39 Å². The number of para-hydroxylation sites is 1. The van der Waals surface area contributed by atoms with Crippen molar-refractivity contribution in [1.29, 1.82) is 0 Å². The lowest BCUT2D eigenvalue weighted by Gasteiger charge is -2.17. The second kappa shape index (κ2) is 3.86. The summed E-state index contributed by atoms with van der Waals surface area (Å²) in [5, 5.41) is 9.51. The SMILES string of the molecule is C#CC1CC(=O)N(c2cccc(F)c2O)C1. The second-order valence-electron chi connectivity index (χ2n) is 3.68. The third kappa shape index (κ3) is 1.61. The molecule has 1 aromatic rings. The maximum atomic E-state index is 13.1. The van der Waals surface area contributed by atoms with Crippen molar-refractivity contribution in [3.63, 3.8) is 0 Å². The van der Waals surface area contributed by atoms with E-state index in [2.05, 4.69) is 5.92 Å². The van der Waals surface area contributed by atoms with Crippen LogP contribution in [0.1, 0.15) is 6.42 Å². The lowest BCUT2D eigenvalue weighted by molar-refractivity contribution is -0.117. The molecule has 16 heavy (non-hydrogen) atoms. The summed E-state index contributed by atoms with van der Waals surface area (Å²) >= 11 is 0. The van der Waals surface area contributed by atoms with E-state index < -0.39 is 11.6 Å². The molecule has 0 bridgehead atoms. The molecule has 1 aliphatic heterocycles. The number of phenolic OH excluding ortho intramolecular Hbond substituents is 1. The first-order valence-corrected chi connectivity index (χ1v) is 4.87. The topological polar surface area (TPSA) is 40.5 Å². The first kappa shape index (κ1) is 10.5. The minimum Gasteiger partial charge on any atom is -0.503 e. The minimum atomic E-state index is -0.741. The van der Waals surface area contributed by atoms with Crippen molar-refractivity contribution >= 4 is 11.6 Å². The Kier molecular flexibility index (Phi) is 2.53. The number of carbonyl (C=O) groups excluding carboxylic acids is 1. The van der Waals surface area contributed by atoms with Gasteiger partial charge in [-0.15, -0.1) is 12.3 Å². The zero-order valence-electron chi connectivity index (χ0n) is 8.48. The number of hydrogen-bond donors (Lipinski definition) is 1. The van der Waals surface area contributed by atoms with E-state index in [0.717, 1.165) is 6.07 Å². The van der Waals surface area contributed by atoms with Gasteiger partial charge >= 0.3 is 0 Å². The number of halogens is 1. The molecular formula is C12H10FNO2. The fraction of sp³-hybridized carbons (Fsp3) is 0.250. The van der Waals surface area contributed by atoms with Gasteiger partial charge < -0.3 is 10.0 Å². The molecule has 0 radical (unpaired) electrons. The van der Waals surface area contributed by atoms with Gasteiger partial charge in [0.1, 0.15) is 0 Å². The van der Waals surface area contributed by atoms with Gasteiger partial charge in [-0.3, -0.25) is 4.79 Å². The van der Waals surface area contributed by atoms with Crippen LogP contribution >= 0.6 is 0 Å². The van der Waals surface area contributed by atoms with Gasteiger partial charge in [0.05, 0.1) is 5.69 Å². The Bertz CT molecular complexity index is 478. The Morgan fingerprint density at radius 2 is 2.31 bits per heavy atom. The molecule has 1 atom stereocenters. The van der Waals surface area contributed by atoms with E-state index in [9.17, 15) is 14.3 Å². The Morgan fingerprint density at radius 1 is 1.56 bits per heavy atom. The maximum Gasteiger partial charge on any atom is 0.228 e. The third-order valence-electron chi connectivity index (χ3n) is 2.62. The summed E-state index contributed by atoms with van der Waals surface area (Å²) in [6.45, 7) is 0.326. The van der Waals surface area contributed by atoms with Crippen LogP contribution in [0.2, 0.25) is 0 Å². The van der Waals surface area contributed by atoms with Crippen LogP contribution in [-0.2, 0) is 4.79 Å². The fourth-order valence-electron chi connectivity index (χ4n) is 1.77. The molecular weight excluding hydrogens is 209 g/mol. The molecule has 0 aromatic heterocycles. The number of terminal acetylenes is 1. The monoisotopic (exact) mass is 219 g/mol. The number of nitrogens with zero attached hydrogens (tertiary/aromatic N) is 1. The zero-order chi connectivity index (χ0) is 11.7. The molecule has 1 amide bonds. The van der Waals surface area contributed by atoms with Crippen LogP contribution in [0.15, 0.2) is 18.2 Å². The summed E-state index contributed by atoms with van der Waals surface area (Å²) in [6, 6.07) is 4.08. The summed E-state index contributed by atoms with van der Waals surface area (Å²) in [7, 11) is 0. The van der Waals surface area contributed by atoms with E-state index in [0.29, 0.717) is 6.54 Å². The summed E-state index contributed by atoms with van der Waals surface area (Å²) < 4.78 is 13.1. The van der Waals surface area contributed by atoms with Crippen LogP contribution in [0.25, 0.3) is 0 Å². The van der Waals surface area contributed by atoms with Crippen LogP contribution in [0, 0.1) is 24.1 Å².